The van der Waals surface area contributed by atoms with Crippen molar-refractivity contribution in [2.45, 2.75) is 25.3 Å². The van der Waals surface area contributed by atoms with Crippen LogP contribution in [0.15, 0.2) is 18.2 Å². The van der Waals surface area contributed by atoms with E-state index in [1.54, 1.807) is 12.1 Å². The summed E-state index contributed by atoms with van der Waals surface area (Å²) < 4.78 is 0. The molecule has 0 aromatic heterocycles. The number of anilines is 1. The van der Waals surface area contributed by atoms with E-state index in [9.17, 15) is 0 Å². The fraction of sp³-hybridized carbons (Fsp3) is 0.462. The molecule has 1 aromatic carbocycles. The lowest BCUT2D eigenvalue weighted by Crippen LogP contribution is -2.39. The van der Waals surface area contributed by atoms with Gasteiger partial charge in [-0.25, -0.2) is 0 Å². The zero-order valence-corrected chi connectivity index (χ0v) is 10.4. The lowest BCUT2D eigenvalue weighted by Gasteiger charge is -2.24. The van der Waals surface area contributed by atoms with Gasteiger partial charge in [-0.2, -0.15) is 5.26 Å². The Morgan fingerprint density at radius 2 is 2.35 bits per heavy atom. The number of benzene rings is 1. The van der Waals surface area contributed by atoms with Crippen LogP contribution in [-0.2, 0) is 0 Å². The lowest BCUT2D eigenvalue weighted by atomic mass is 10.1. The second kappa shape index (κ2) is 5.90. The van der Waals surface area contributed by atoms with Gasteiger partial charge in [0.05, 0.1) is 10.6 Å². The van der Waals surface area contributed by atoms with E-state index in [-0.39, 0.29) is 0 Å². The molecule has 0 bridgehead atoms. The minimum Gasteiger partial charge on any atom is -0.383 e. The van der Waals surface area contributed by atoms with Crippen LogP contribution in [0.25, 0.3) is 0 Å². The largest absolute Gasteiger partial charge is 0.383 e. The summed E-state index contributed by atoms with van der Waals surface area (Å²) in [7, 11) is 0. The van der Waals surface area contributed by atoms with Crippen LogP contribution in [0.4, 0.5) is 5.69 Å². The molecule has 17 heavy (non-hydrogen) atoms. The Bertz CT molecular complexity index is 419. The van der Waals surface area contributed by atoms with Crippen LogP contribution in [0.2, 0.25) is 5.02 Å². The Hall–Kier alpha value is -1.24. The molecular formula is C13H16ClN3. The topological polar surface area (TPSA) is 47.9 Å². The van der Waals surface area contributed by atoms with Crippen molar-refractivity contribution in [3.05, 3.63) is 28.8 Å². The standard InChI is InChI=1S/C13H16ClN3/c14-13-5-4-11(7-10(13)8-15)17-9-12-3-1-2-6-16-12/h4-5,7,12,16-17H,1-3,6,9H2. The van der Waals surface area contributed by atoms with Crippen LogP contribution in [-0.4, -0.2) is 19.1 Å². The Kier molecular flexibility index (Phi) is 4.24. The summed E-state index contributed by atoms with van der Waals surface area (Å²) >= 11 is 5.88. The van der Waals surface area contributed by atoms with E-state index < -0.39 is 0 Å². The molecule has 0 amide bonds. The highest BCUT2D eigenvalue weighted by Crippen LogP contribution is 2.19. The van der Waals surface area contributed by atoms with Gasteiger partial charge in [-0.3, -0.25) is 0 Å². The zero-order valence-electron chi connectivity index (χ0n) is 9.67. The fourth-order valence-electron chi connectivity index (χ4n) is 2.06. The Labute approximate surface area is 107 Å². The van der Waals surface area contributed by atoms with E-state index in [4.69, 9.17) is 16.9 Å². The van der Waals surface area contributed by atoms with E-state index in [1.807, 2.05) is 6.07 Å². The van der Waals surface area contributed by atoms with Crippen LogP contribution in [0.1, 0.15) is 24.8 Å². The van der Waals surface area contributed by atoms with E-state index in [0.29, 0.717) is 16.6 Å². The second-order valence-corrected chi connectivity index (χ2v) is 4.74. The average molecular weight is 250 g/mol. The number of halogens is 1. The van der Waals surface area contributed by atoms with Gasteiger partial charge in [0.1, 0.15) is 6.07 Å². The molecule has 1 aliphatic heterocycles. The van der Waals surface area contributed by atoms with Crippen LogP contribution in [0, 0.1) is 11.3 Å². The van der Waals surface area contributed by atoms with Crippen LogP contribution < -0.4 is 10.6 Å². The van der Waals surface area contributed by atoms with Crippen molar-refractivity contribution in [1.29, 1.82) is 5.26 Å². The smallest absolute Gasteiger partial charge is 0.101 e. The van der Waals surface area contributed by atoms with Crippen molar-refractivity contribution < 1.29 is 0 Å². The quantitative estimate of drug-likeness (QED) is 0.866. The number of hydrogen-bond donors (Lipinski definition) is 2. The SMILES string of the molecule is N#Cc1cc(NCC2CCCCN2)ccc1Cl. The third kappa shape index (κ3) is 3.36. The van der Waals surface area contributed by atoms with Crippen molar-refractivity contribution in [1.82, 2.24) is 5.32 Å². The molecule has 2 rings (SSSR count). The first kappa shape index (κ1) is 12.2. The average Bonchev–Trinajstić information content (AvgIpc) is 2.39. The minimum atomic E-state index is 0.508. The lowest BCUT2D eigenvalue weighted by molar-refractivity contribution is 0.414. The molecule has 1 saturated heterocycles. The summed E-state index contributed by atoms with van der Waals surface area (Å²) in [4.78, 5) is 0. The summed E-state index contributed by atoms with van der Waals surface area (Å²) in [6, 6.07) is 8.08. The molecule has 1 aliphatic rings. The van der Waals surface area contributed by atoms with Crippen LogP contribution in [0.5, 0.6) is 0 Å². The van der Waals surface area contributed by atoms with E-state index in [1.165, 1.54) is 19.3 Å². The summed E-state index contributed by atoms with van der Waals surface area (Å²) in [5.74, 6) is 0. The molecule has 1 atom stereocenters. The Morgan fingerprint density at radius 3 is 3.06 bits per heavy atom. The van der Waals surface area contributed by atoms with Gasteiger partial charge in [0, 0.05) is 18.3 Å². The molecule has 1 unspecified atom stereocenters. The highest BCUT2D eigenvalue weighted by atomic mass is 35.5. The monoisotopic (exact) mass is 249 g/mol. The molecule has 1 heterocycles. The molecule has 3 nitrogen and oxygen atoms in total. The van der Waals surface area contributed by atoms with Gasteiger partial charge < -0.3 is 10.6 Å². The molecule has 4 heteroatoms. The molecule has 0 aliphatic carbocycles. The Balaban J connectivity index is 1.92. The van der Waals surface area contributed by atoms with Gasteiger partial charge >= 0.3 is 0 Å². The molecule has 0 spiro atoms. The van der Waals surface area contributed by atoms with Crippen LogP contribution in [0.3, 0.4) is 0 Å². The third-order valence-corrected chi connectivity index (χ3v) is 3.38. The predicted octanol–water partition coefficient (Wildman–Crippen LogP) is 2.77. The third-order valence-electron chi connectivity index (χ3n) is 3.05. The first-order valence-electron chi connectivity index (χ1n) is 5.96. The molecule has 0 radical (unpaired) electrons. The highest BCUT2D eigenvalue weighted by molar-refractivity contribution is 6.31. The minimum absolute atomic E-state index is 0.508. The van der Waals surface area contributed by atoms with Gasteiger partial charge in [-0.05, 0) is 37.6 Å². The van der Waals surface area contributed by atoms with Crippen molar-refractivity contribution in [2.24, 2.45) is 0 Å². The van der Waals surface area contributed by atoms with Crippen molar-refractivity contribution in [3.63, 3.8) is 0 Å². The maximum absolute atomic E-state index is 8.89. The van der Waals surface area contributed by atoms with Gasteiger partial charge in [-0.15, -0.1) is 0 Å². The van der Waals surface area contributed by atoms with Crippen molar-refractivity contribution in [2.75, 3.05) is 18.4 Å². The molecule has 90 valence electrons. The summed E-state index contributed by atoms with van der Waals surface area (Å²) in [6.45, 7) is 2.00. The molecular weight excluding hydrogens is 234 g/mol. The van der Waals surface area contributed by atoms with Crippen molar-refractivity contribution in [3.8, 4) is 6.07 Å². The normalized spacial score (nSPS) is 19.6. The second-order valence-electron chi connectivity index (χ2n) is 4.33. The van der Waals surface area contributed by atoms with Gasteiger partial charge in [0.25, 0.3) is 0 Å². The number of rotatable bonds is 3. The molecule has 1 aromatic rings. The van der Waals surface area contributed by atoms with Gasteiger partial charge in [0.15, 0.2) is 0 Å². The summed E-state index contributed by atoms with van der Waals surface area (Å²) in [6.07, 6.45) is 3.78. The summed E-state index contributed by atoms with van der Waals surface area (Å²) in [5.41, 5.74) is 1.48. The zero-order chi connectivity index (χ0) is 12.1. The maximum Gasteiger partial charge on any atom is 0.101 e. The molecule has 0 saturated carbocycles. The summed E-state index contributed by atoms with van der Waals surface area (Å²) in [5, 5.41) is 16.2. The highest BCUT2D eigenvalue weighted by Gasteiger charge is 2.11. The van der Waals surface area contributed by atoms with E-state index >= 15 is 0 Å². The number of nitriles is 1. The van der Waals surface area contributed by atoms with Crippen molar-refractivity contribution >= 4 is 17.3 Å². The molecule has 2 N–H and O–H groups in total. The number of hydrogen-bond acceptors (Lipinski definition) is 3. The van der Waals surface area contributed by atoms with Crippen LogP contribution >= 0.6 is 11.6 Å². The number of nitrogens with one attached hydrogen (secondary N) is 2. The Morgan fingerprint density at radius 1 is 1.47 bits per heavy atom. The number of nitrogens with zero attached hydrogens (tertiary/aromatic N) is 1. The van der Waals surface area contributed by atoms with Gasteiger partial charge in [-0.1, -0.05) is 18.0 Å². The van der Waals surface area contributed by atoms with Gasteiger partial charge in [0.2, 0.25) is 0 Å². The van der Waals surface area contributed by atoms with E-state index in [0.717, 1.165) is 18.8 Å². The maximum atomic E-state index is 8.89. The van der Waals surface area contributed by atoms with E-state index in [2.05, 4.69) is 16.7 Å². The number of piperidine rings is 1. The fourth-order valence-corrected chi connectivity index (χ4v) is 2.22. The first-order chi connectivity index (χ1) is 8.29. The first-order valence-corrected chi connectivity index (χ1v) is 6.34. The molecule has 1 fully saturated rings. The predicted molar refractivity (Wildman–Crippen MR) is 70.3 cm³/mol.